The molecule has 0 saturated carbocycles. The van der Waals surface area contributed by atoms with Crippen molar-refractivity contribution in [2.75, 3.05) is 0 Å². The number of H-pyrrole nitrogens is 1. The maximum Gasteiger partial charge on any atom is 0.133 e. The molecule has 0 bridgehead atoms. The smallest absolute Gasteiger partial charge is 0.133 e. The second-order valence-electron chi connectivity index (χ2n) is 5.31. The SMILES string of the molecule is S=c1nc(Cc2ccc(Cl)cc2)[nH]c2c1CCCCC2. The van der Waals surface area contributed by atoms with Crippen LogP contribution in [0.2, 0.25) is 5.02 Å². The molecule has 0 fully saturated rings. The zero-order valence-electron chi connectivity index (χ0n) is 11.3. The number of nitrogens with one attached hydrogen (secondary N) is 1. The molecule has 0 spiro atoms. The van der Waals surface area contributed by atoms with Gasteiger partial charge in [-0.3, -0.25) is 0 Å². The molecular formula is C16H17ClN2S. The van der Waals surface area contributed by atoms with Crippen LogP contribution in [0.5, 0.6) is 0 Å². The zero-order valence-corrected chi connectivity index (χ0v) is 12.9. The summed E-state index contributed by atoms with van der Waals surface area (Å²) >= 11 is 11.4. The number of hydrogen-bond acceptors (Lipinski definition) is 2. The highest BCUT2D eigenvalue weighted by Crippen LogP contribution is 2.20. The lowest BCUT2D eigenvalue weighted by Crippen LogP contribution is -2.05. The highest BCUT2D eigenvalue weighted by molar-refractivity contribution is 7.71. The summed E-state index contributed by atoms with van der Waals surface area (Å²) < 4.78 is 0.782. The van der Waals surface area contributed by atoms with Crippen LogP contribution >= 0.6 is 23.8 Å². The molecule has 0 amide bonds. The summed E-state index contributed by atoms with van der Waals surface area (Å²) in [6.45, 7) is 0. The maximum atomic E-state index is 5.91. The van der Waals surface area contributed by atoms with Crippen molar-refractivity contribution in [1.82, 2.24) is 9.97 Å². The van der Waals surface area contributed by atoms with Crippen molar-refractivity contribution < 1.29 is 0 Å². The molecule has 0 aliphatic heterocycles. The van der Waals surface area contributed by atoms with Crippen LogP contribution in [0.25, 0.3) is 0 Å². The van der Waals surface area contributed by atoms with Crippen molar-refractivity contribution in [3.05, 3.63) is 56.6 Å². The molecule has 1 heterocycles. The van der Waals surface area contributed by atoms with E-state index in [-0.39, 0.29) is 0 Å². The van der Waals surface area contributed by atoms with Crippen LogP contribution in [0, 0.1) is 4.64 Å². The topological polar surface area (TPSA) is 28.7 Å². The molecule has 4 heteroatoms. The van der Waals surface area contributed by atoms with Gasteiger partial charge < -0.3 is 4.98 Å². The molecule has 1 N–H and O–H groups in total. The van der Waals surface area contributed by atoms with Crippen molar-refractivity contribution in [2.45, 2.75) is 38.5 Å². The predicted octanol–water partition coefficient (Wildman–Crippen LogP) is 4.65. The van der Waals surface area contributed by atoms with Gasteiger partial charge in [-0.1, -0.05) is 42.4 Å². The van der Waals surface area contributed by atoms with Crippen LogP contribution < -0.4 is 0 Å². The quantitative estimate of drug-likeness (QED) is 0.646. The summed E-state index contributed by atoms with van der Waals surface area (Å²) in [4.78, 5) is 8.07. The maximum absolute atomic E-state index is 5.91. The Hall–Kier alpha value is -1.19. The van der Waals surface area contributed by atoms with E-state index in [1.165, 1.54) is 36.1 Å². The van der Waals surface area contributed by atoms with Gasteiger partial charge in [-0.2, -0.15) is 0 Å². The first-order valence-electron chi connectivity index (χ1n) is 7.08. The Balaban J connectivity index is 1.91. The van der Waals surface area contributed by atoms with Gasteiger partial charge in [-0.05, 0) is 43.4 Å². The van der Waals surface area contributed by atoms with Gasteiger partial charge in [0.05, 0.1) is 0 Å². The summed E-state index contributed by atoms with van der Waals surface area (Å²) in [6, 6.07) is 7.89. The van der Waals surface area contributed by atoms with Gasteiger partial charge in [0.15, 0.2) is 0 Å². The van der Waals surface area contributed by atoms with Gasteiger partial charge in [-0.15, -0.1) is 0 Å². The Morgan fingerprint density at radius 1 is 1.10 bits per heavy atom. The number of fused-ring (bicyclic) bond motifs is 1. The number of rotatable bonds is 2. The number of aromatic amines is 1. The van der Waals surface area contributed by atoms with Crippen LogP contribution in [0.1, 0.15) is 41.9 Å². The van der Waals surface area contributed by atoms with E-state index < -0.39 is 0 Å². The second kappa shape index (κ2) is 6.06. The molecule has 1 aliphatic rings. The van der Waals surface area contributed by atoms with E-state index in [0.717, 1.165) is 34.8 Å². The Kier molecular flexibility index (Phi) is 4.18. The monoisotopic (exact) mass is 304 g/mol. The summed E-state index contributed by atoms with van der Waals surface area (Å²) in [5, 5.41) is 0.761. The van der Waals surface area contributed by atoms with Crippen LogP contribution in [-0.4, -0.2) is 9.97 Å². The molecule has 2 nitrogen and oxygen atoms in total. The lowest BCUT2D eigenvalue weighted by atomic mass is 10.1. The number of benzene rings is 1. The molecule has 0 unspecified atom stereocenters. The lowest BCUT2D eigenvalue weighted by Gasteiger charge is -2.09. The fourth-order valence-corrected chi connectivity index (χ4v) is 3.19. The van der Waals surface area contributed by atoms with Crippen LogP contribution in [0.3, 0.4) is 0 Å². The van der Waals surface area contributed by atoms with Crippen molar-refractivity contribution in [3.8, 4) is 0 Å². The lowest BCUT2D eigenvalue weighted by molar-refractivity contribution is 0.708. The largest absolute Gasteiger partial charge is 0.347 e. The van der Waals surface area contributed by atoms with Gasteiger partial charge in [0, 0.05) is 22.7 Å². The molecule has 20 heavy (non-hydrogen) atoms. The van der Waals surface area contributed by atoms with Crippen LogP contribution in [-0.2, 0) is 19.3 Å². The van der Waals surface area contributed by atoms with Gasteiger partial charge in [0.25, 0.3) is 0 Å². The first-order chi connectivity index (χ1) is 9.72. The highest BCUT2D eigenvalue weighted by Gasteiger charge is 2.12. The minimum atomic E-state index is 0.761. The zero-order chi connectivity index (χ0) is 13.9. The Bertz CT molecular complexity index is 661. The van der Waals surface area contributed by atoms with Gasteiger partial charge in [0.2, 0.25) is 0 Å². The molecule has 0 saturated heterocycles. The molecule has 1 aliphatic carbocycles. The van der Waals surface area contributed by atoms with Crippen molar-refractivity contribution in [3.63, 3.8) is 0 Å². The number of hydrogen-bond donors (Lipinski definition) is 1. The van der Waals surface area contributed by atoms with Gasteiger partial charge in [0.1, 0.15) is 10.5 Å². The minimum absolute atomic E-state index is 0.761. The standard InChI is InChI=1S/C16H17ClN2S/c17-12-8-6-11(7-9-12)10-15-18-14-5-3-1-2-4-13(14)16(20)19-15/h6-9H,1-5,10H2,(H,18,19,20). The van der Waals surface area contributed by atoms with Crippen molar-refractivity contribution >= 4 is 23.8 Å². The third-order valence-electron chi connectivity index (χ3n) is 3.79. The predicted molar refractivity (Wildman–Crippen MR) is 84.9 cm³/mol. The van der Waals surface area contributed by atoms with Crippen molar-refractivity contribution in [2.24, 2.45) is 0 Å². The normalized spacial score (nSPS) is 14.7. The van der Waals surface area contributed by atoms with Crippen LogP contribution in [0.4, 0.5) is 0 Å². The Morgan fingerprint density at radius 2 is 1.85 bits per heavy atom. The van der Waals surface area contributed by atoms with Gasteiger partial charge >= 0.3 is 0 Å². The fraction of sp³-hybridized carbons (Fsp3) is 0.375. The average Bonchev–Trinajstić information content (AvgIpc) is 2.67. The van der Waals surface area contributed by atoms with E-state index in [1.807, 2.05) is 24.3 Å². The van der Waals surface area contributed by atoms with Gasteiger partial charge in [-0.25, -0.2) is 4.98 Å². The molecular weight excluding hydrogens is 288 g/mol. The first kappa shape index (κ1) is 13.8. The van der Waals surface area contributed by atoms with E-state index in [2.05, 4.69) is 9.97 Å². The van der Waals surface area contributed by atoms with E-state index in [4.69, 9.17) is 23.8 Å². The van der Waals surface area contributed by atoms with E-state index in [9.17, 15) is 0 Å². The average molecular weight is 305 g/mol. The summed E-state index contributed by atoms with van der Waals surface area (Å²) in [5.74, 6) is 0.956. The number of aromatic nitrogens is 2. The second-order valence-corrected chi connectivity index (χ2v) is 6.13. The van der Waals surface area contributed by atoms with E-state index >= 15 is 0 Å². The Labute approximate surface area is 129 Å². The van der Waals surface area contributed by atoms with E-state index in [1.54, 1.807) is 0 Å². The highest BCUT2D eigenvalue weighted by atomic mass is 35.5. The number of nitrogens with zero attached hydrogens (tertiary/aromatic N) is 1. The molecule has 2 aromatic rings. The third kappa shape index (κ3) is 3.10. The number of aryl methyl sites for hydroxylation is 1. The molecule has 0 atom stereocenters. The summed E-state index contributed by atoms with van der Waals surface area (Å²) in [6.07, 6.45) is 6.68. The summed E-state index contributed by atoms with van der Waals surface area (Å²) in [7, 11) is 0. The van der Waals surface area contributed by atoms with Crippen molar-refractivity contribution in [1.29, 1.82) is 0 Å². The fourth-order valence-electron chi connectivity index (χ4n) is 2.73. The first-order valence-corrected chi connectivity index (χ1v) is 7.86. The third-order valence-corrected chi connectivity index (χ3v) is 4.38. The van der Waals surface area contributed by atoms with E-state index in [0.29, 0.717) is 0 Å². The number of halogens is 1. The minimum Gasteiger partial charge on any atom is -0.347 e. The molecule has 1 aromatic heterocycles. The summed E-state index contributed by atoms with van der Waals surface area (Å²) in [5.41, 5.74) is 3.75. The molecule has 104 valence electrons. The Morgan fingerprint density at radius 3 is 2.65 bits per heavy atom. The molecule has 0 radical (unpaired) electrons. The molecule has 1 aromatic carbocycles. The molecule has 3 rings (SSSR count). The van der Waals surface area contributed by atoms with Crippen LogP contribution in [0.15, 0.2) is 24.3 Å².